The summed E-state index contributed by atoms with van der Waals surface area (Å²) in [6.07, 6.45) is 0. The van der Waals surface area contributed by atoms with E-state index in [1.165, 1.54) is 0 Å². The number of benzene rings is 3. The normalized spacial score (nSPS) is 13.0. The predicted octanol–water partition coefficient (Wildman–Crippen LogP) is 7.02. The summed E-state index contributed by atoms with van der Waals surface area (Å²) in [4.78, 5) is 0. The molecule has 0 atom stereocenters. The fourth-order valence-electron chi connectivity index (χ4n) is 6.65. The largest absolute Gasteiger partial charge is 0.192 e. The average Bonchev–Trinajstić information content (AvgIpc) is 3.59. The molecule has 8 nitrogen and oxygen atoms in total. The minimum atomic E-state index is -2.05. The van der Waals surface area contributed by atoms with Crippen molar-refractivity contribution in [2.45, 2.75) is 39.3 Å². The van der Waals surface area contributed by atoms with Gasteiger partial charge in [-0.2, -0.15) is 42.1 Å². The highest BCUT2D eigenvalue weighted by molar-refractivity contribution is 6.89. The van der Waals surface area contributed by atoms with E-state index in [1.807, 2.05) is 36.4 Å². The lowest BCUT2D eigenvalue weighted by Crippen LogP contribution is -2.40. The number of nitriles is 8. The second-order valence-electron chi connectivity index (χ2n) is 13.9. The predicted molar refractivity (Wildman–Crippen MR) is 196 cm³/mol. The zero-order valence-corrected chi connectivity index (χ0v) is 30.2. The summed E-state index contributed by atoms with van der Waals surface area (Å²) in [6.45, 7) is 12.6. The first kappa shape index (κ1) is 34.3. The number of fused-ring (bicyclic) bond motifs is 2. The minimum absolute atomic E-state index is 0.203. The lowest BCUT2D eigenvalue weighted by molar-refractivity contribution is 1.45. The van der Waals surface area contributed by atoms with Crippen LogP contribution in [0.1, 0.15) is 44.5 Å². The van der Waals surface area contributed by atoms with Crippen molar-refractivity contribution in [3.63, 3.8) is 0 Å². The fraction of sp³-hybridized carbons (Fsp3) is 0.150. The first-order chi connectivity index (χ1) is 23.7. The molecule has 0 fully saturated rings. The van der Waals surface area contributed by atoms with Crippen molar-refractivity contribution in [3.05, 3.63) is 104 Å². The summed E-state index contributed by atoms with van der Waals surface area (Å²) in [5.74, 6) is 0. The van der Waals surface area contributed by atoms with Crippen LogP contribution in [0.15, 0.2) is 59.7 Å². The van der Waals surface area contributed by atoms with Crippen LogP contribution in [-0.4, -0.2) is 16.1 Å². The van der Waals surface area contributed by atoms with Gasteiger partial charge in [0.25, 0.3) is 0 Å². The van der Waals surface area contributed by atoms with Crippen molar-refractivity contribution in [2.75, 3.05) is 0 Å². The molecule has 3 aromatic carbocycles. The molecule has 0 aliphatic heterocycles. The zero-order valence-electron chi connectivity index (χ0n) is 28.2. The molecule has 5 rings (SSSR count). The van der Waals surface area contributed by atoms with E-state index in [9.17, 15) is 42.1 Å². The van der Waals surface area contributed by atoms with Crippen molar-refractivity contribution < 1.29 is 0 Å². The van der Waals surface area contributed by atoms with E-state index in [0.29, 0.717) is 55.7 Å². The molecule has 50 heavy (non-hydrogen) atoms. The van der Waals surface area contributed by atoms with Crippen LogP contribution in [-0.2, 0) is 0 Å². The van der Waals surface area contributed by atoms with E-state index in [2.05, 4.69) is 63.6 Å². The molecule has 0 saturated heterocycles. The Morgan fingerprint density at radius 2 is 0.760 bits per heavy atom. The van der Waals surface area contributed by atoms with Gasteiger partial charge in [0.05, 0.1) is 50.6 Å². The highest BCUT2D eigenvalue weighted by atomic mass is 28.3. The maximum Gasteiger partial charge on any atom is 0.138 e. The Kier molecular flexibility index (Phi) is 8.60. The van der Waals surface area contributed by atoms with Crippen molar-refractivity contribution in [1.82, 2.24) is 0 Å². The average molecular weight is 675 g/mol. The van der Waals surface area contributed by atoms with Crippen LogP contribution in [0.2, 0.25) is 39.3 Å². The van der Waals surface area contributed by atoms with Crippen molar-refractivity contribution >= 4 is 60.0 Å². The number of rotatable bonds is 4. The minimum Gasteiger partial charge on any atom is -0.192 e. The monoisotopic (exact) mass is 674 g/mol. The van der Waals surface area contributed by atoms with Gasteiger partial charge in [-0.3, -0.25) is 0 Å². The van der Waals surface area contributed by atoms with Crippen molar-refractivity contribution in [1.29, 1.82) is 42.1 Å². The van der Waals surface area contributed by atoms with Gasteiger partial charge in [-0.15, -0.1) is 0 Å². The molecular weight excluding hydrogens is 649 g/mol. The molecule has 0 aromatic heterocycles. The van der Waals surface area contributed by atoms with E-state index in [4.69, 9.17) is 0 Å². The molecule has 0 N–H and O–H groups in total. The van der Waals surface area contributed by atoms with Crippen LogP contribution in [0, 0.1) is 90.6 Å². The van der Waals surface area contributed by atoms with Crippen molar-refractivity contribution in [3.8, 4) is 48.6 Å². The number of hydrogen-bond donors (Lipinski definition) is 0. The van der Waals surface area contributed by atoms with Crippen LogP contribution in [0.4, 0.5) is 0 Å². The Hall–Kier alpha value is -7.03. The third kappa shape index (κ3) is 5.32. The smallest absolute Gasteiger partial charge is 0.138 e. The third-order valence-electron chi connectivity index (χ3n) is 8.88. The molecule has 0 amide bonds. The fourth-order valence-corrected chi connectivity index (χ4v) is 9.67. The molecule has 2 aliphatic rings. The lowest BCUT2D eigenvalue weighted by Gasteiger charge is -2.20. The molecule has 2 aliphatic carbocycles. The molecule has 0 heterocycles. The van der Waals surface area contributed by atoms with Crippen molar-refractivity contribution in [2.24, 2.45) is 0 Å². The molecule has 0 spiro atoms. The Balaban J connectivity index is 1.80. The van der Waals surface area contributed by atoms with E-state index in [1.54, 1.807) is 36.4 Å². The van der Waals surface area contributed by atoms with Crippen LogP contribution >= 0.6 is 0 Å². The number of nitrogens with zero attached hydrogens (tertiary/aromatic N) is 8. The van der Waals surface area contributed by atoms with E-state index >= 15 is 0 Å². The standard InChI is InChI=1S/C40H26N8Si2/c1-49(2,3)35-13-29-31(11-25(35)15-41)39(27(17-43)18-44)37(33(29)21-47)23-7-9-24(10-8-23)38-34(22-48)30-14-36(50(4,5)6)26(16-42)12-32(30)40(38)28(19-45)20-46/h7-14H,1-6H3. The molecule has 0 saturated carbocycles. The van der Waals surface area contributed by atoms with Gasteiger partial charge < -0.3 is 0 Å². The summed E-state index contributed by atoms with van der Waals surface area (Å²) >= 11 is 0. The lowest BCUT2D eigenvalue weighted by atomic mass is 9.89. The van der Waals surface area contributed by atoms with Gasteiger partial charge in [-0.1, -0.05) is 75.7 Å². The van der Waals surface area contributed by atoms with Crippen LogP contribution < -0.4 is 10.4 Å². The summed E-state index contributed by atoms with van der Waals surface area (Å²) < 4.78 is 0. The quantitative estimate of drug-likeness (QED) is 0.208. The maximum atomic E-state index is 10.5. The summed E-state index contributed by atoms with van der Waals surface area (Å²) in [6, 6.07) is 30.8. The van der Waals surface area contributed by atoms with Crippen LogP contribution in [0.25, 0.3) is 33.4 Å². The van der Waals surface area contributed by atoms with Gasteiger partial charge in [0, 0.05) is 33.4 Å². The first-order valence-electron chi connectivity index (χ1n) is 15.4. The van der Waals surface area contributed by atoms with Crippen LogP contribution in [0.3, 0.4) is 0 Å². The first-order valence-corrected chi connectivity index (χ1v) is 22.4. The van der Waals surface area contributed by atoms with Gasteiger partial charge in [0.1, 0.15) is 47.6 Å². The zero-order chi connectivity index (χ0) is 36.7. The Morgan fingerprint density at radius 1 is 0.440 bits per heavy atom. The van der Waals surface area contributed by atoms with Gasteiger partial charge in [-0.25, -0.2) is 0 Å². The summed E-state index contributed by atoms with van der Waals surface area (Å²) in [5.41, 5.74) is 5.30. The molecular formula is C40H26N8Si2. The molecule has 0 unspecified atom stereocenters. The second-order valence-corrected chi connectivity index (χ2v) is 23.9. The number of allylic oxidation sites excluding steroid dienone is 8. The summed E-state index contributed by atoms with van der Waals surface area (Å²) in [5, 5.41) is 82.8. The Morgan fingerprint density at radius 3 is 1.00 bits per heavy atom. The Labute approximate surface area is 293 Å². The molecule has 0 bridgehead atoms. The van der Waals surface area contributed by atoms with Crippen LogP contribution in [0.5, 0.6) is 0 Å². The maximum absolute atomic E-state index is 10.5. The van der Waals surface area contributed by atoms with E-state index in [0.717, 1.165) is 10.4 Å². The molecule has 0 radical (unpaired) electrons. The van der Waals surface area contributed by atoms with Gasteiger partial charge >= 0.3 is 0 Å². The second kappa shape index (κ2) is 12.5. The Bertz CT molecular complexity index is 2350. The summed E-state index contributed by atoms with van der Waals surface area (Å²) in [7, 11) is -4.10. The SMILES string of the molecule is C[Si](C)(C)c1cc2c(cc1C#N)C(=C(C#N)C#N)C(c1ccc(C3=C(C#N)c4cc([Si](C)(C)C)c(C#N)cc4C3=C(C#N)C#N)cc1)=C2C#N. The third-order valence-corrected chi connectivity index (χ3v) is 12.9. The van der Waals surface area contributed by atoms with Gasteiger partial charge in [-0.05, 0) is 44.8 Å². The molecule has 234 valence electrons. The highest BCUT2D eigenvalue weighted by Gasteiger charge is 2.36. The topological polar surface area (TPSA) is 190 Å². The van der Waals surface area contributed by atoms with E-state index < -0.39 is 16.1 Å². The molecule has 3 aromatic rings. The molecule has 10 heteroatoms. The van der Waals surface area contributed by atoms with Gasteiger partial charge in [0.15, 0.2) is 0 Å². The van der Waals surface area contributed by atoms with E-state index in [-0.39, 0.29) is 33.4 Å². The highest BCUT2D eigenvalue weighted by Crippen LogP contribution is 2.50. The number of hydrogen-bond acceptors (Lipinski definition) is 8. The van der Waals surface area contributed by atoms with Gasteiger partial charge in [0.2, 0.25) is 0 Å².